The zero-order valence-corrected chi connectivity index (χ0v) is 20.1. The van der Waals surface area contributed by atoms with E-state index >= 15 is 0 Å². The first-order chi connectivity index (χ1) is 18.4. The van der Waals surface area contributed by atoms with Crippen molar-refractivity contribution in [2.75, 3.05) is 0 Å². The minimum atomic E-state index is 0.671. The molecule has 7 rings (SSSR count). The molecule has 0 atom stereocenters. The molecule has 0 saturated carbocycles. The van der Waals surface area contributed by atoms with Crippen molar-refractivity contribution in [3.63, 3.8) is 0 Å². The average molecular weight is 474 g/mol. The van der Waals surface area contributed by atoms with Gasteiger partial charge in [0.05, 0.1) is 11.0 Å². The van der Waals surface area contributed by atoms with Gasteiger partial charge in [-0.2, -0.15) is 0 Å². The molecule has 0 aliphatic heterocycles. The second-order valence-corrected chi connectivity index (χ2v) is 9.13. The molecule has 0 spiro atoms. The molecule has 0 aliphatic carbocycles. The van der Waals surface area contributed by atoms with Gasteiger partial charge in [-0.15, -0.1) is 0 Å². The van der Waals surface area contributed by atoms with Gasteiger partial charge in [-0.1, -0.05) is 97.1 Å². The van der Waals surface area contributed by atoms with Crippen LogP contribution in [0, 0.1) is 0 Å². The third-order valence-corrected chi connectivity index (χ3v) is 6.91. The van der Waals surface area contributed by atoms with Crippen molar-refractivity contribution in [3.05, 3.63) is 140 Å². The van der Waals surface area contributed by atoms with Crippen LogP contribution in [0.5, 0.6) is 0 Å². The van der Waals surface area contributed by atoms with E-state index in [1.165, 1.54) is 33.0 Å². The van der Waals surface area contributed by atoms with Crippen LogP contribution in [0.15, 0.2) is 140 Å². The van der Waals surface area contributed by atoms with Crippen molar-refractivity contribution in [1.29, 1.82) is 0 Å². The SMILES string of the molecule is c1ccc(-c2cccc(-c3cc(-c4ccccc4)c4c(c3)c3ccccc3n4-c3ncccn3)c2)cc1. The van der Waals surface area contributed by atoms with Crippen LogP contribution in [0.25, 0.3) is 61.1 Å². The summed E-state index contributed by atoms with van der Waals surface area (Å²) in [4.78, 5) is 9.27. The van der Waals surface area contributed by atoms with E-state index in [9.17, 15) is 0 Å². The van der Waals surface area contributed by atoms with E-state index in [0.29, 0.717) is 5.95 Å². The molecule has 0 aliphatic rings. The van der Waals surface area contributed by atoms with Gasteiger partial charge in [0.2, 0.25) is 5.95 Å². The molecule has 0 unspecified atom stereocenters. The maximum atomic E-state index is 4.63. The van der Waals surface area contributed by atoms with E-state index in [2.05, 4.69) is 136 Å². The predicted octanol–water partition coefficient (Wildman–Crippen LogP) is 8.57. The third-order valence-electron chi connectivity index (χ3n) is 6.91. The Morgan fingerprint density at radius 1 is 0.432 bits per heavy atom. The van der Waals surface area contributed by atoms with Crippen LogP contribution in [0.1, 0.15) is 0 Å². The fourth-order valence-corrected chi connectivity index (χ4v) is 5.23. The predicted molar refractivity (Wildman–Crippen MR) is 153 cm³/mol. The van der Waals surface area contributed by atoms with Gasteiger partial charge in [-0.05, 0) is 58.1 Å². The molecule has 5 aromatic carbocycles. The van der Waals surface area contributed by atoms with E-state index in [-0.39, 0.29) is 0 Å². The monoisotopic (exact) mass is 473 g/mol. The maximum absolute atomic E-state index is 4.63. The smallest absolute Gasteiger partial charge is 0.234 e. The number of hydrogen-bond donors (Lipinski definition) is 0. The third kappa shape index (κ3) is 3.69. The van der Waals surface area contributed by atoms with E-state index < -0.39 is 0 Å². The number of hydrogen-bond acceptors (Lipinski definition) is 2. The summed E-state index contributed by atoms with van der Waals surface area (Å²) in [5.41, 5.74) is 9.31. The van der Waals surface area contributed by atoms with Crippen molar-refractivity contribution < 1.29 is 0 Å². The second-order valence-electron chi connectivity index (χ2n) is 9.13. The van der Waals surface area contributed by atoms with Gasteiger partial charge in [0.25, 0.3) is 0 Å². The van der Waals surface area contributed by atoms with E-state index in [4.69, 9.17) is 0 Å². The van der Waals surface area contributed by atoms with Crippen molar-refractivity contribution in [2.24, 2.45) is 0 Å². The Kier molecular flexibility index (Phi) is 5.11. The fourth-order valence-electron chi connectivity index (χ4n) is 5.23. The molecule has 3 heteroatoms. The molecule has 0 fully saturated rings. The molecule has 0 N–H and O–H groups in total. The zero-order valence-electron chi connectivity index (χ0n) is 20.1. The Bertz CT molecular complexity index is 1850. The summed E-state index contributed by atoms with van der Waals surface area (Å²) in [5.74, 6) is 0.671. The van der Waals surface area contributed by atoms with Crippen LogP contribution >= 0.6 is 0 Å². The van der Waals surface area contributed by atoms with Crippen molar-refractivity contribution in [1.82, 2.24) is 14.5 Å². The number of nitrogens with zero attached hydrogens (tertiary/aromatic N) is 3. The molecule has 37 heavy (non-hydrogen) atoms. The average Bonchev–Trinajstić information content (AvgIpc) is 3.32. The standard InChI is InChI=1S/C34H23N3/c1-3-11-24(12-4-1)26-15-9-16-27(21-26)28-22-30(25-13-5-2-6-14-25)33-31(23-28)29-17-7-8-18-32(29)37(33)34-35-19-10-20-36-34/h1-23H. The van der Waals surface area contributed by atoms with Crippen LogP contribution in [0.3, 0.4) is 0 Å². The number of benzene rings is 5. The molecule has 0 radical (unpaired) electrons. The first-order valence-corrected chi connectivity index (χ1v) is 12.4. The van der Waals surface area contributed by atoms with Gasteiger partial charge >= 0.3 is 0 Å². The van der Waals surface area contributed by atoms with Gasteiger partial charge in [0.15, 0.2) is 0 Å². The highest BCUT2D eigenvalue weighted by Crippen LogP contribution is 2.41. The summed E-state index contributed by atoms with van der Waals surface area (Å²) >= 11 is 0. The molecule has 3 nitrogen and oxygen atoms in total. The first-order valence-electron chi connectivity index (χ1n) is 12.4. The lowest BCUT2D eigenvalue weighted by Crippen LogP contribution is -2.00. The maximum Gasteiger partial charge on any atom is 0.234 e. The molecule has 0 bridgehead atoms. The normalized spacial score (nSPS) is 11.2. The Balaban J connectivity index is 1.56. The molecule has 0 saturated heterocycles. The van der Waals surface area contributed by atoms with E-state index in [1.807, 2.05) is 6.07 Å². The van der Waals surface area contributed by atoms with Crippen LogP contribution in [0.2, 0.25) is 0 Å². The van der Waals surface area contributed by atoms with Crippen LogP contribution in [0.4, 0.5) is 0 Å². The van der Waals surface area contributed by atoms with E-state index in [0.717, 1.165) is 22.2 Å². The van der Waals surface area contributed by atoms with Crippen molar-refractivity contribution >= 4 is 21.8 Å². The second kappa shape index (κ2) is 8.89. The molecular formula is C34H23N3. The minimum absolute atomic E-state index is 0.671. The first kappa shape index (κ1) is 21.3. The molecule has 174 valence electrons. The zero-order chi connectivity index (χ0) is 24.6. The Morgan fingerprint density at radius 3 is 1.81 bits per heavy atom. The quantitative estimate of drug-likeness (QED) is 0.256. The number of rotatable bonds is 4. The number of aromatic nitrogens is 3. The Morgan fingerprint density at radius 2 is 1.05 bits per heavy atom. The molecule has 7 aromatic rings. The van der Waals surface area contributed by atoms with Gasteiger partial charge < -0.3 is 0 Å². The lowest BCUT2D eigenvalue weighted by Gasteiger charge is -2.13. The van der Waals surface area contributed by atoms with Gasteiger partial charge in [0.1, 0.15) is 0 Å². The van der Waals surface area contributed by atoms with Gasteiger partial charge in [-0.3, -0.25) is 4.57 Å². The summed E-state index contributed by atoms with van der Waals surface area (Å²) in [7, 11) is 0. The van der Waals surface area contributed by atoms with Crippen LogP contribution < -0.4 is 0 Å². The largest absolute Gasteiger partial charge is 0.277 e. The highest BCUT2D eigenvalue weighted by molar-refractivity contribution is 6.15. The highest BCUT2D eigenvalue weighted by atomic mass is 15.1. The summed E-state index contributed by atoms with van der Waals surface area (Å²) in [6.45, 7) is 0. The number of fused-ring (bicyclic) bond motifs is 3. The lowest BCUT2D eigenvalue weighted by molar-refractivity contribution is 0.989. The van der Waals surface area contributed by atoms with Crippen molar-refractivity contribution in [2.45, 2.75) is 0 Å². The van der Waals surface area contributed by atoms with Crippen molar-refractivity contribution in [3.8, 4) is 39.3 Å². The van der Waals surface area contributed by atoms with Gasteiger partial charge in [-0.25, -0.2) is 9.97 Å². The summed E-state index contributed by atoms with van der Waals surface area (Å²) < 4.78 is 2.19. The summed E-state index contributed by atoms with van der Waals surface area (Å²) in [6.07, 6.45) is 3.60. The fraction of sp³-hybridized carbons (Fsp3) is 0. The minimum Gasteiger partial charge on any atom is -0.277 e. The molecular weight excluding hydrogens is 450 g/mol. The molecule has 2 heterocycles. The number of para-hydroxylation sites is 1. The van der Waals surface area contributed by atoms with Crippen LogP contribution in [-0.2, 0) is 0 Å². The van der Waals surface area contributed by atoms with E-state index in [1.54, 1.807) is 12.4 Å². The lowest BCUT2D eigenvalue weighted by atomic mass is 9.94. The molecule has 2 aromatic heterocycles. The van der Waals surface area contributed by atoms with Gasteiger partial charge in [0, 0.05) is 28.7 Å². The Hall–Kier alpha value is -5.02. The summed E-state index contributed by atoms with van der Waals surface area (Å²) in [5, 5.41) is 2.37. The highest BCUT2D eigenvalue weighted by Gasteiger charge is 2.19. The summed E-state index contributed by atoms with van der Waals surface area (Å²) in [6, 6.07) is 44.9. The Labute approximate surface area is 215 Å². The molecule has 0 amide bonds. The van der Waals surface area contributed by atoms with Crippen LogP contribution in [-0.4, -0.2) is 14.5 Å². The topological polar surface area (TPSA) is 30.7 Å².